The smallest absolute Gasteiger partial charge is 0.320 e. The van der Waals surface area contributed by atoms with E-state index in [-0.39, 0.29) is 18.6 Å². The highest BCUT2D eigenvalue weighted by molar-refractivity contribution is 5.71. The number of hydrogen-bond acceptors (Lipinski definition) is 3. The van der Waals surface area contributed by atoms with Gasteiger partial charge in [-0.2, -0.15) is 0 Å². The molecule has 0 amide bonds. The van der Waals surface area contributed by atoms with Crippen molar-refractivity contribution in [1.29, 1.82) is 0 Å². The molecule has 0 aliphatic carbocycles. The number of ether oxygens (including phenoxy) is 1. The van der Waals surface area contributed by atoms with Gasteiger partial charge < -0.3 is 10.1 Å². The molecular formula is C8H19NO2. The van der Waals surface area contributed by atoms with Gasteiger partial charge in [-0.25, -0.2) is 0 Å². The van der Waals surface area contributed by atoms with Gasteiger partial charge in [0.1, 0.15) is 0 Å². The first-order chi connectivity index (χ1) is 5.16. The summed E-state index contributed by atoms with van der Waals surface area (Å²) < 4.78 is 4.79. The molecule has 0 heterocycles. The number of carbonyl (C=O) groups excluding carboxylic acids is 1. The molecule has 0 saturated carbocycles. The maximum Gasteiger partial charge on any atom is 0.320 e. The molecule has 0 aromatic rings. The molecule has 0 aliphatic rings. The molecule has 0 rings (SSSR count). The molecular weight excluding hydrogens is 142 g/mol. The third-order valence-corrected chi connectivity index (χ3v) is 0.688. The van der Waals surface area contributed by atoms with Gasteiger partial charge in [-0.1, -0.05) is 13.8 Å². The molecule has 0 fully saturated rings. The molecule has 3 heteroatoms. The normalized spacial score (nSPS) is 8.55. The van der Waals surface area contributed by atoms with Crippen LogP contribution in [0.3, 0.4) is 0 Å². The van der Waals surface area contributed by atoms with Crippen LogP contribution in [0.5, 0.6) is 0 Å². The molecule has 0 radical (unpaired) electrons. The van der Waals surface area contributed by atoms with Crippen LogP contribution >= 0.6 is 0 Å². The quantitative estimate of drug-likeness (QED) is 0.632. The molecule has 68 valence electrons. The van der Waals surface area contributed by atoms with Crippen LogP contribution in [0.15, 0.2) is 0 Å². The molecule has 0 bridgehead atoms. The zero-order valence-electron chi connectivity index (χ0n) is 8.10. The second kappa shape index (κ2) is 9.43. The topological polar surface area (TPSA) is 38.3 Å². The molecule has 0 aliphatic heterocycles. The van der Waals surface area contributed by atoms with Crippen molar-refractivity contribution in [2.24, 2.45) is 0 Å². The lowest BCUT2D eigenvalue weighted by Crippen LogP contribution is -2.23. The van der Waals surface area contributed by atoms with E-state index in [1.165, 1.54) is 0 Å². The summed E-state index contributed by atoms with van der Waals surface area (Å²) in [5.41, 5.74) is 0. The fourth-order valence-corrected chi connectivity index (χ4v) is 0.449. The Kier molecular flexibility index (Phi) is 11.2. The molecule has 0 atom stereocenters. The Morgan fingerprint density at radius 2 is 1.91 bits per heavy atom. The maximum absolute atomic E-state index is 10.6. The molecule has 0 unspecified atom stereocenters. The van der Waals surface area contributed by atoms with Crippen LogP contribution in [0.2, 0.25) is 0 Å². The Morgan fingerprint density at radius 3 is 2.18 bits per heavy atom. The summed E-state index contributed by atoms with van der Waals surface area (Å²) in [5, 5.41) is 2.70. The van der Waals surface area contributed by atoms with E-state index in [0.29, 0.717) is 0 Å². The number of rotatable bonds is 3. The molecule has 0 aromatic heterocycles. The molecule has 11 heavy (non-hydrogen) atoms. The van der Waals surface area contributed by atoms with Gasteiger partial charge in [0.2, 0.25) is 0 Å². The first-order valence-corrected chi connectivity index (χ1v) is 4.01. The minimum absolute atomic E-state index is 0.00847. The van der Waals surface area contributed by atoms with Crippen LogP contribution in [-0.4, -0.2) is 25.7 Å². The van der Waals surface area contributed by atoms with Crippen LogP contribution < -0.4 is 5.32 Å². The zero-order chi connectivity index (χ0) is 9.28. The van der Waals surface area contributed by atoms with E-state index in [2.05, 4.69) is 5.32 Å². The monoisotopic (exact) mass is 161 g/mol. The number of nitrogens with one attached hydrogen (secondary N) is 1. The summed E-state index contributed by atoms with van der Waals surface area (Å²) in [7, 11) is 1.71. The van der Waals surface area contributed by atoms with Gasteiger partial charge in [0.05, 0.1) is 12.6 Å². The molecule has 0 spiro atoms. The first kappa shape index (κ1) is 13.1. The standard InChI is InChI=1S/C6H13NO2.C2H6/c1-5(2)9-6(8)4-7-3;1-2/h5,7H,4H2,1-3H3;1-2H3. The Morgan fingerprint density at radius 1 is 1.45 bits per heavy atom. The second-order valence-electron chi connectivity index (χ2n) is 2.07. The predicted octanol–water partition coefficient (Wildman–Crippen LogP) is 1.18. The molecule has 0 aromatic carbocycles. The Balaban J connectivity index is 0. The van der Waals surface area contributed by atoms with Gasteiger partial charge in [-0.3, -0.25) is 4.79 Å². The zero-order valence-corrected chi connectivity index (χ0v) is 8.10. The summed E-state index contributed by atoms with van der Waals surface area (Å²) in [4.78, 5) is 10.6. The summed E-state index contributed by atoms with van der Waals surface area (Å²) in [6.45, 7) is 7.94. The van der Waals surface area contributed by atoms with Gasteiger partial charge in [0.15, 0.2) is 0 Å². The van der Waals surface area contributed by atoms with Crippen molar-refractivity contribution < 1.29 is 9.53 Å². The number of hydrogen-bond donors (Lipinski definition) is 1. The van der Waals surface area contributed by atoms with Gasteiger partial charge in [-0.05, 0) is 20.9 Å². The fourth-order valence-electron chi connectivity index (χ4n) is 0.449. The van der Waals surface area contributed by atoms with Crippen LogP contribution in [-0.2, 0) is 9.53 Å². The van der Waals surface area contributed by atoms with Crippen molar-refractivity contribution >= 4 is 5.97 Å². The highest BCUT2D eigenvalue weighted by Crippen LogP contribution is 1.86. The third kappa shape index (κ3) is 12.6. The van der Waals surface area contributed by atoms with Crippen LogP contribution in [0.25, 0.3) is 0 Å². The van der Waals surface area contributed by atoms with Gasteiger partial charge in [0.25, 0.3) is 0 Å². The Bertz CT molecular complexity index is 92.1. The lowest BCUT2D eigenvalue weighted by atomic mass is 10.5. The highest BCUT2D eigenvalue weighted by Gasteiger charge is 2.01. The van der Waals surface area contributed by atoms with Gasteiger partial charge in [-0.15, -0.1) is 0 Å². The average molecular weight is 161 g/mol. The van der Waals surface area contributed by atoms with Crippen molar-refractivity contribution in [2.75, 3.05) is 13.6 Å². The average Bonchev–Trinajstić information content (AvgIpc) is 1.91. The third-order valence-electron chi connectivity index (χ3n) is 0.688. The molecule has 3 nitrogen and oxygen atoms in total. The van der Waals surface area contributed by atoms with Gasteiger partial charge in [0, 0.05) is 0 Å². The van der Waals surface area contributed by atoms with E-state index < -0.39 is 0 Å². The minimum Gasteiger partial charge on any atom is -0.462 e. The lowest BCUT2D eigenvalue weighted by Gasteiger charge is -2.05. The van der Waals surface area contributed by atoms with E-state index in [9.17, 15) is 4.79 Å². The van der Waals surface area contributed by atoms with E-state index in [1.807, 2.05) is 27.7 Å². The fraction of sp³-hybridized carbons (Fsp3) is 0.875. The van der Waals surface area contributed by atoms with Crippen molar-refractivity contribution in [3.05, 3.63) is 0 Å². The van der Waals surface area contributed by atoms with Crippen molar-refractivity contribution in [2.45, 2.75) is 33.8 Å². The van der Waals surface area contributed by atoms with Crippen LogP contribution in [0.4, 0.5) is 0 Å². The largest absolute Gasteiger partial charge is 0.462 e. The number of carbonyl (C=O) groups is 1. The van der Waals surface area contributed by atoms with Crippen LogP contribution in [0, 0.1) is 0 Å². The van der Waals surface area contributed by atoms with Crippen LogP contribution in [0.1, 0.15) is 27.7 Å². The van der Waals surface area contributed by atoms with E-state index in [1.54, 1.807) is 7.05 Å². The predicted molar refractivity (Wildman–Crippen MR) is 46.5 cm³/mol. The number of likely N-dealkylation sites (N-methyl/N-ethyl adjacent to an activating group) is 1. The van der Waals surface area contributed by atoms with E-state index >= 15 is 0 Å². The lowest BCUT2D eigenvalue weighted by molar-refractivity contribution is -0.146. The van der Waals surface area contributed by atoms with Gasteiger partial charge >= 0.3 is 5.97 Å². The summed E-state index contributed by atoms with van der Waals surface area (Å²) >= 11 is 0. The first-order valence-electron chi connectivity index (χ1n) is 4.01. The Labute approximate surface area is 69.1 Å². The molecule has 1 N–H and O–H groups in total. The summed E-state index contributed by atoms with van der Waals surface area (Å²) in [6.07, 6.45) is -0.00847. The maximum atomic E-state index is 10.6. The summed E-state index contributed by atoms with van der Waals surface area (Å²) in [6, 6.07) is 0. The second-order valence-corrected chi connectivity index (χ2v) is 2.07. The SMILES string of the molecule is CC.CNCC(=O)OC(C)C. The van der Waals surface area contributed by atoms with Crippen molar-refractivity contribution in [1.82, 2.24) is 5.32 Å². The Hall–Kier alpha value is -0.570. The minimum atomic E-state index is -0.201. The number of esters is 1. The van der Waals surface area contributed by atoms with E-state index in [4.69, 9.17) is 4.74 Å². The van der Waals surface area contributed by atoms with Crippen molar-refractivity contribution in [3.8, 4) is 0 Å². The summed E-state index contributed by atoms with van der Waals surface area (Å²) in [5.74, 6) is -0.201. The van der Waals surface area contributed by atoms with Crippen molar-refractivity contribution in [3.63, 3.8) is 0 Å². The highest BCUT2D eigenvalue weighted by atomic mass is 16.5. The molecule has 0 saturated heterocycles. The van der Waals surface area contributed by atoms with E-state index in [0.717, 1.165) is 0 Å².